The van der Waals surface area contributed by atoms with Gasteiger partial charge in [0.25, 0.3) is 5.91 Å². The molecule has 0 fully saturated rings. The van der Waals surface area contributed by atoms with Gasteiger partial charge < -0.3 is 11.5 Å². The molecule has 1 amide bonds. The molecule has 0 aliphatic heterocycles. The standard InChI is InChI=1S/C14H11Cl2F3N4O2S/c1-2-8(24)11-9(13(21)25)12(20)22-23(11)10-6(15)3-5(4-7(10)16)26-14(17,18)19/h3-4H,2H2,1H3,(H2,20,22)(H2,21,25). The summed E-state index contributed by atoms with van der Waals surface area (Å²) in [4.78, 5) is 23.6. The van der Waals surface area contributed by atoms with Gasteiger partial charge in [0.05, 0.1) is 10.0 Å². The number of hydrogen-bond donors (Lipinski definition) is 2. The van der Waals surface area contributed by atoms with Crippen molar-refractivity contribution in [3.63, 3.8) is 0 Å². The van der Waals surface area contributed by atoms with Crippen molar-refractivity contribution in [3.05, 3.63) is 33.4 Å². The highest BCUT2D eigenvalue weighted by atomic mass is 35.5. The number of carbonyl (C=O) groups is 2. The number of ketones is 1. The van der Waals surface area contributed by atoms with E-state index >= 15 is 0 Å². The molecule has 0 saturated heterocycles. The van der Waals surface area contributed by atoms with Gasteiger partial charge in [-0.2, -0.15) is 13.2 Å². The van der Waals surface area contributed by atoms with Crippen LogP contribution in [0.5, 0.6) is 0 Å². The molecule has 26 heavy (non-hydrogen) atoms. The summed E-state index contributed by atoms with van der Waals surface area (Å²) >= 11 is 11.7. The molecular formula is C14H11Cl2F3N4O2S. The normalized spacial score (nSPS) is 11.6. The third-order valence-corrected chi connectivity index (χ3v) is 4.46. The topological polar surface area (TPSA) is 104 Å². The molecule has 0 unspecified atom stereocenters. The van der Waals surface area contributed by atoms with Gasteiger partial charge >= 0.3 is 5.51 Å². The van der Waals surface area contributed by atoms with E-state index in [9.17, 15) is 22.8 Å². The maximum atomic E-state index is 12.5. The SMILES string of the molecule is CCC(=O)c1c(C(N)=O)c(N)nn1-c1c(Cl)cc(SC(F)(F)F)cc1Cl. The summed E-state index contributed by atoms with van der Waals surface area (Å²) in [5.74, 6) is -1.83. The Morgan fingerprint density at radius 1 is 1.27 bits per heavy atom. The Morgan fingerprint density at radius 3 is 2.23 bits per heavy atom. The largest absolute Gasteiger partial charge is 0.446 e. The summed E-state index contributed by atoms with van der Waals surface area (Å²) in [6.07, 6.45) is -0.0112. The van der Waals surface area contributed by atoms with Crippen molar-refractivity contribution < 1.29 is 22.8 Å². The van der Waals surface area contributed by atoms with E-state index in [1.807, 2.05) is 0 Å². The predicted octanol–water partition coefficient (Wildman–Crippen LogP) is 4.06. The number of carbonyl (C=O) groups excluding carboxylic acids is 2. The quantitative estimate of drug-likeness (QED) is 0.553. The van der Waals surface area contributed by atoms with E-state index < -0.39 is 29.0 Å². The minimum atomic E-state index is -4.53. The highest BCUT2D eigenvalue weighted by molar-refractivity contribution is 8.00. The van der Waals surface area contributed by atoms with Gasteiger partial charge in [0.2, 0.25) is 0 Å². The second-order valence-corrected chi connectivity index (χ2v) is 6.90. The number of nitrogen functional groups attached to an aromatic ring is 1. The molecule has 0 bridgehead atoms. The lowest BCUT2D eigenvalue weighted by Crippen LogP contribution is -2.18. The lowest BCUT2D eigenvalue weighted by Gasteiger charge is -2.13. The van der Waals surface area contributed by atoms with Gasteiger partial charge in [-0.25, -0.2) is 4.68 Å². The van der Waals surface area contributed by atoms with Gasteiger partial charge in [0.1, 0.15) is 16.9 Å². The van der Waals surface area contributed by atoms with Crippen molar-refractivity contribution >= 4 is 52.5 Å². The van der Waals surface area contributed by atoms with Crippen LogP contribution >= 0.6 is 35.0 Å². The van der Waals surface area contributed by atoms with Crippen molar-refractivity contribution in [1.82, 2.24) is 9.78 Å². The molecule has 4 N–H and O–H groups in total. The number of nitrogens with two attached hydrogens (primary N) is 2. The first-order valence-corrected chi connectivity index (χ1v) is 8.50. The van der Waals surface area contributed by atoms with Crippen molar-refractivity contribution in [1.29, 1.82) is 0 Å². The van der Waals surface area contributed by atoms with E-state index in [0.717, 1.165) is 16.8 Å². The maximum Gasteiger partial charge on any atom is 0.446 e. The third kappa shape index (κ3) is 4.08. The summed E-state index contributed by atoms with van der Waals surface area (Å²) in [6, 6.07) is 2.03. The fraction of sp³-hybridized carbons (Fsp3) is 0.214. The van der Waals surface area contributed by atoms with Gasteiger partial charge in [0.15, 0.2) is 11.6 Å². The minimum Gasteiger partial charge on any atom is -0.382 e. The summed E-state index contributed by atoms with van der Waals surface area (Å²) in [5, 5.41) is 3.44. The van der Waals surface area contributed by atoms with Gasteiger partial charge in [-0.3, -0.25) is 9.59 Å². The van der Waals surface area contributed by atoms with Crippen molar-refractivity contribution in [3.8, 4) is 5.69 Å². The molecule has 0 saturated carbocycles. The van der Waals surface area contributed by atoms with Crippen LogP contribution in [0.4, 0.5) is 19.0 Å². The molecule has 2 rings (SSSR count). The summed E-state index contributed by atoms with van der Waals surface area (Å²) in [7, 11) is 0. The smallest absolute Gasteiger partial charge is 0.382 e. The zero-order valence-corrected chi connectivity index (χ0v) is 15.4. The molecule has 1 aromatic heterocycles. The van der Waals surface area contributed by atoms with E-state index in [2.05, 4.69) is 5.10 Å². The van der Waals surface area contributed by atoms with E-state index in [4.69, 9.17) is 34.7 Å². The van der Waals surface area contributed by atoms with Crippen LogP contribution in [0.1, 0.15) is 34.2 Å². The van der Waals surface area contributed by atoms with E-state index in [-0.39, 0.29) is 44.1 Å². The fourth-order valence-corrected chi connectivity index (χ4v) is 3.60. The molecule has 2 aromatic rings. The number of halogens is 5. The zero-order valence-electron chi connectivity index (χ0n) is 13.0. The summed E-state index contributed by atoms with van der Waals surface area (Å²) in [5.41, 5.74) is 5.74. The molecule has 0 spiro atoms. The average molecular weight is 427 g/mol. The molecule has 6 nitrogen and oxygen atoms in total. The highest BCUT2D eigenvalue weighted by Crippen LogP contribution is 2.41. The molecule has 0 aliphatic carbocycles. The lowest BCUT2D eigenvalue weighted by molar-refractivity contribution is -0.0328. The Bertz CT molecular complexity index is 876. The van der Waals surface area contributed by atoms with Crippen LogP contribution < -0.4 is 11.5 Å². The summed E-state index contributed by atoms with van der Waals surface area (Å²) in [6.45, 7) is 1.53. The number of aromatic nitrogens is 2. The molecule has 0 radical (unpaired) electrons. The Labute approximate surface area is 159 Å². The van der Waals surface area contributed by atoms with Crippen LogP contribution in [0.3, 0.4) is 0 Å². The maximum absolute atomic E-state index is 12.5. The Morgan fingerprint density at radius 2 is 1.81 bits per heavy atom. The van der Waals surface area contributed by atoms with Crippen LogP contribution in [0.25, 0.3) is 5.69 Å². The van der Waals surface area contributed by atoms with Gasteiger partial charge in [0, 0.05) is 11.3 Å². The lowest BCUT2D eigenvalue weighted by atomic mass is 10.1. The molecule has 140 valence electrons. The minimum absolute atomic E-state index is 0.0112. The second-order valence-electron chi connectivity index (χ2n) is 4.94. The third-order valence-electron chi connectivity index (χ3n) is 3.18. The number of amides is 1. The number of primary amides is 1. The van der Waals surface area contributed by atoms with Crippen LogP contribution in [0.15, 0.2) is 17.0 Å². The number of hydrogen-bond acceptors (Lipinski definition) is 5. The number of rotatable bonds is 5. The zero-order chi connectivity index (χ0) is 19.8. The molecule has 1 aromatic carbocycles. The van der Waals surface area contributed by atoms with Crippen LogP contribution in [0, 0.1) is 0 Å². The first-order valence-electron chi connectivity index (χ1n) is 6.92. The highest BCUT2D eigenvalue weighted by Gasteiger charge is 2.31. The second kappa shape index (κ2) is 7.37. The first-order chi connectivity index (χ1) is 12.0. The average Bonchev–Trinajstić information content (AvgIpc) is 2.81. The van der Waals surface area contributed by atoms with Gasteiger partial charge in [-0.1, -0.05) is 30.1 Å². The van der Waals surface area contributed by atoms with E-state index in [1.165, 1.54) is 6.92 Å². The Hall–Kier alpha value is -1.91. The van der Waals surface area contributed by atoms with Gasteiger partial charge in [-0.15, -0.1) is 5.10 Å². The van der Waals surface area contributed by atoms with Crippen molar-refractivity contribution in [2.24, 2.45) is 5.73 Å². The first kappa shape index (κ1) is 20.4. The predicted molar refractivity (Wildman–Crippen MR) is 93.0 cm³/mol. The Balaban J connectivity index is 2.71. The van der Waals surface area contributed by atoms with Crippen LogP contribution in [-0.2, 0) is 0 Å². The molecule has 0 aliphatic rings. The van der Waals surface area contributed by atoms with E-state index in [0.29, 0.717) is 0 Å². The van der Waals surface area contributed by atoms with Gasteiger partial charge in [-0.05, 0) is 23.9 Å². The molecule has 0 atom stereocenters. The number of thioether (sulfide) groups is 1. The van der Waals surface area contributed by atoms with Crippen LogP contribution in [-0.4, -0.2) is 27.0 Å². The fourth-order valence-electron chi connectivity index (χ4n) is 2.20. The number of nitrogens with zero attached hydrogens (tertiary/aromatic N) is 2. The monoisotopic (exact) mass is 426 g/mol. The number of benzene rings is 1. The number of Topliss-reactive ketones (excluding diaryl/α,β-unsaturated/α-hetero) is 1. The van der Waals surface area contributed by atoms with E-state index in [1.54, 1.807) is 0 Å². The van der Waals surface area contributed by atoms with Crippen LogP contribution in [0.2, 0.25) is 10.0 Å². The number of anilines is 1. The van der Waals surface area contributed by atoms with Crippen molar-refractivity contribution in [2.75, 3.05) is 5.73 Å². The molecular weight excluding hydrogens is 416 g/mol. The molecule has 12 heteroatoms. The Kier molecular flexibility index (Phi) is 5.79. The summed E-state index contributed by atoms with van der Waals surface area (Å²) < 4.78 is 38.5. The number of alkyl halides is 3. The van der Waals surface area contributed by atoms with Crippen molar-refractivity contribution in [2.45, 2.75) is 23.7 Å². The molecule has 1 heterocycles.